The number of Topliss-reactive ketones (excluding diaryl/α,β-unsaturated/α-hetero) is 1. The zero-order chi connectivity index (χ0) is 15.4. The van der Waals surface area contributed by atoms with Crippen molar-refractivity contribution in [2.45, 2.75) is 38.5 Å². The molecule has 116 valence electrons. The summed E-state index contributed by atoms with van der Waals surface area (Å²) < 4.78 is 0. The molecule has 4 nitrogen and oxygen atoms in total. The van der Waals surface area contributed by atoms with Crippen molar-refractivity contribution in [1.29, 1.82) is 0 Å². The average molecular weight is 297 g/mol. The van der Waals surface area contributed by atoms with Crippen molar-refractivity contribution in [1.82, 2.24) is 0 Å². The van der Waals surface area contributed by atoms with E-state index in [0.717, 1.165) is 31.4 Å². The molecule has 0 bridgehead atoms. The Kier molecular flexibility index (Phi) is 4.56. The third kappa shape index (κ3) is 3.21. The number of nitrogens with two attached hydrogens (primary N) is 1. The molecule has 0 amide bonds. The molecule has 0 spiro atoms. The maximum absolute atomic E-state index is 12.7. The Balaban J connectivity index is 1.72. The van der Waals surface area contributed by atoms with Crippen LogP contribution in [0, 0.1) is 11.8 Å². The molecule has 1 fully saturated rings. The van der Waals surface area contributed by atoms with Gasteiger partial charge in [0.1, 0.15) is 11.6 Å². The Hall–Kier alpha value is -2.10. The van der Waals surface area contributed by atoms with Crippen LogP contribution in [0.2, 0.25) is 0 Å². The molecule has 1 atom stereocenters. The van der Waals surface area contributed by atoms with Gasteiger partial charge in [0, 0.05) is 12.1 Å². The smallest absolute Gasteiger partial charge is 0.150 e. The van der Waals surface area contributed by atoms with Crippen molar-refractivity contribution < 1.29 is 4.79 Å². The lowest BCUT2D eigenvalue weighted by atomic mass is 9.86. The number of benzene rings is 1. The summed E-state index contributed by atoms with van der Waals surface area (Å²) >= 11 is 0. The average Bonchev–Trinajstić information content (AvgIpc) is 2.84. The minimum Gasteiger partial charge on any atom is -0.385 e. The zero-order valence-corrected chi connectivity index (χ0v) is 12.8. The van der Waals surface area contributed by atoms with Crippen LogP contribution in [0.5, 0.6) is 0 Å². The number of para-hydroxylation sites is 1. The van der Waals surface area contributed by atoms with Gasteiger partial charge in [-0.15, -0.1) is 0 Å². The Morgan fingerprint density at radius 3 is 2.41 bits per heavy atom. The first kappa shape index (κ1) is 14.8. The Bertz CT molecular complexity index is 571. The van der Waals surface area contributed by atoms with Crippen molar-refractivity contribution in [3.05, 3.63) is 42.6 Å². The van der Waals surface area contributed by atoms with Crippen LogP contribution in [0.3, 0.4) is 0 Å². The maximum atomic E-state index is 12.7. The van der Waals surface area contributed by atoms with Crippen LogP contribution in [0.15, 0.2) is 47.7 Å². The number of nitrogens with zero attached hydrogens (tertiary/aromatic N) is 2. The van der Waals surface area contributed by atoms with Gasteiger partial charge in [-0.3, -0.25) is 4.79 Å². The minimum absolute atomic E-state index is 0.147. The van der Waals surface area contributed by atoms with Gasteiger partial charge in [-0.25, -0.2) is 5.01 Å². The highest BCUT2D eigenvalue weighted by Gasteiger charge is 2.30. The Labute approximate surface area is 131 Å². The van der Waals surface area contributed by atoms with E-state index >= 15 is 0 Å². The van der Waals surface area contributed by atoms with Crippen molar-refractivity contribution in [2.24, 2.45) is 22.7 Å². The largest absolute Gasteiger partial charge is 0.385 e. The molecule has 1 saturated carbocycles. The molecule has 2 aliphatic rings. The molecule has 4 heteroatoms. The van der Waals surface area contributed by atoms with Crippen LogP contribution in [0.25, 0.3) is 0 Å². The maximum Gasteiger partial charge on any atom is 0.150 e. The van der Waals surface area contributed by atoms with E-state index in [-0.39, 0.29) is 17.6 Å². The summed E-state index contributed by atoms with van der Waals surface area (Å²) in [6.45, 7) is 0. The second kappa shape index (κ2) is 6.77. The predicted molar refractivity (Wildman–Crippen MR) is 89.4 cm³/mol. The highest BCUT2D eigenvalue weighted by atomic mass is 16.1. The van der Waals surface area contributed by atoms with E-state index in [1.54, 1.807) is 5.01 Å². The molecule has 22 heavy (non-hydrogen) atoms. The summed E-state index contributed by atoms with van der Waals surface area (Å²) in [5, 5.41) is 6.12. The summed E-state index contributed by atoms with van der Waals surface area (Å²) in [6.07, 6.45) is 10.5. The van der Waals surface area contributed by atoms with Gasteiger partial charge in [0.05, 0.1) is 11.6 Å². The van der Waals surface area contributed by atoms with Crippen molar-refractivity contribution in [3.63, 3.8) is 0 Å². The normalized spacial score (nSPS) is 23.0. The van der Waals surface area contributed by atoms with Crippen LogP contribution >= 0.6 is 0 Å². The van der Waals surface area contributed by atoms with Gasteiger partial charge >= 0.3 is 0 Å². The van der Waals surface area contributed by atoms with E-state index in [2.05, 4.69) is 5.10 Å². The van der Waals surface area contributed by atoms with E-state index in [9.17, 15) is 4.79 Å². The lowest BCUT2D eigenvalue weighted by Crippen LogP contribution is -2.37. The third-order valence-electron chi connectivity index (χ3n) is 4.55. The van der Waals surface area contributed by atoms with Gasteiger partial charge in [-0.05, 0) is 31.1 Å². The zero-order valence-electron chi connectivity index (χ0n) is 12.8. The summed E-state index contributed by atoms with van der Waals surface area (Å²) in [4.78, 5) is 12.7. The van der Waals surface area contributed by atoms with Gasteiger partial charge in [0.25, 0.3) is 0 Å². The SMILES string of the molecule is NC1=NN(c2ccccc2)C=CC1C(=O)C1CCCCCC1. The Morgan fingerprint density at radius 2 is 1.77 bits per heavy atom. The molecule has 1 heterocycles. The summed E-state index contributed by atoms with van der Waals surface area (Å²) in [6, 6.07) is 9.81. The van der Waals surface area contributed by atoms with Gasteiger partial charge in [-0.2, -0.15) is 5.10 Å². The fraction of sp³-hybridized carbons (Fsp3) is 0.444. The quantitative estimate of drug-likeness (QED) is 0.869. The molecule has 2 N–H and O–H groups in total. The number of ketones is 1. The fourth-order valence-corrected chi connectivity index (χ4v) is 3.27. The molecule has 1 aromatic rings. The number of anilines is 1. The highest BCUT2D eigenvalue weighted by Crippen LogP contribution is 2.28. The fourth-order valence-electron chi connectivity index (χ4n) is 3.27. The van der Waals surface area contributed by atoms with Crippen LogP contribution < -0.4 is 10.7 Å². The molecule has 1 aromatic carbocycles. The molecule has 0 aromatic heterocycles. The highest BCUT2D eigenvalue weighted by molar-refractivity contribution is 6.06. The van der Waals surface area contributed by atoms with E-state index in [0.29, 0.717) is 5.84 Å². The second-order valence-electron chi connectivity index (χ2n) is 6.12. The monoisotopic (exact) mass is 297 g/mol. The number of carbonyl (C=O) groups excluding carboxylic acids is 1. The molecular weight excluding hydrogens is 274 g/mol. The van der Waals surface area contributed by atoms with E-state index in [1.807, 2.05) is 42.6 Å². The summed E-state index contributed by atoms with van der Waals surface area (Å²) in [7, 11) is 0. The van der Waals surface area contributed by atoms with Crippen LogP contribution in [0.4, 0.5) is 5.69 Å². The van der Waals surface area contributed by atoms with Crippen molar-refractivity contribution in [3.8, 4) is 0 Å². The molecule has 0 saturated heterocycles. The number of rotatable bonds is 3. The Morgan fingerprint density at radius 1 is 1.09 bits per heavy atom. The number of carbonyl (C=O) groups is 1. The number of hydrazone groups is 1. The van der Waals surface area contributed by atoms with E-state index < -0.39 is 0 Å². The third-order valence-corrected chi connectivity index (χ3v) is 4.55. The second-order valence-corrected chi connectivity index (χ2v) is 6.12. The number of amidine groups is 1. The van der Waals surface area contributed by atoms with Crippen LogP contribution in [0.1, 0.15) is 38.5 Å². The molecule has 3 rings (SSSR count). The van der Waals surface area contributed by atoms with Gasteiger partial charge in [-0.1, -0.05) is 43.9 Å². The molecule has 1 unspecified atom stereocenters. The predicted octanol–water partition coefficient (Wildman–Crippen LogP) is 3.45. The first-order valence-corrected chi connectivity index (χ1v) is 8.16. The minimum atomic E-state index is -0.358. The van der Waals surface area contributed by atoms with Crippen LogP contribution in [-0.2, 0) is 4.79 Å². The molecule has 0 radical (unpaired) electrons. The lowest BCUT2D eigenvalue weighted by Gasteiger charge is -2.25. The van der Waals surface area contributed by atoms with Gasteiger partial charge in [0.15, 0.2) is 0 Å². The van der Waals surface area contributed by atoms with Gasteiger partial charge < -0.3 is 5.73 Å². The van der Waals surface area contributed by atoms with E-state index in [4.69, 9.17) is 5.73 Å². The number of hydrogen-bond acceptors (Lipinski definition) is 4. The van der Waals surface area contributed by atoms with Crippen molar-refractivity contribution in [2.75, 3.05) is 5.01 Å². The first-order valence-electron chi connectivity index (χ1n) is 8.16. The van der Waals surface area contributed by atoms with Gasteiger partial charge in [0.2, 0.25) is 0 Å². The van der Waals surface area contributed by atoms with Crippen LogP contribution in [-0.4, -0.2) is 11.6 Å². The lowest BCUT2D eigenvalue weighted by molar-refractivity contribution is -0.124. The van der Waals surface area contributed by atoms with E-state index in [1.165, 1.54) is 12.8 Å². The topological polar surface area (TPSA) is 58.7 Å². The molecule has 1 aliphatic carbocycles. The summed E-state index contributed by atoms with van der Waals surface area (Å²) in [5.74, 6) is 0.435. The molecule has 1 aliphatic heterocycles. The molecular formula is C18H23N3O. The first-order chi connectivity index (χ1) is 10.8. The van der Waals surface area contributed by atoms with Crippen molar-refractivity contribution >= 4 is 17.3 Å². The summed E-state index contributed by atoms with van der Waals surface area (Å²) in [5.41, 5.74) is 7.04. The number of hydrogen-bond donors (Lipinski definition) is 1. The standard InChI is InChI=1S/C18H23N3O/c19-18-16(17(22)14-8-4-1-2-5-9-14)12-13-21(20-18)15-10-6-3-7-11-15/h3,6-7,10-14,16H,1-2,4-5,8-9H2,(H2,19,20).